The van der Waals surface area contributed by atoms with Gasteiger partial charge >= 0.3 is 17.9 Å². The summed E-state index contributed by atoms with van der Waals surface area (Å²) in [5, 5.41) is 8.31. The highest BCUT2D eigenvalue weighted by Crippen LogP contribution is 2.42. The average Bonchev–Trinajstić information content (AvgIpc) is 2.29. The first kappa shape index (κ1) is 10.7. The highest BCUT2D eigenvalue weighted by molar-refractivity contribution is 5.68. The third kappa shape index (κ3) is 1.75. The number of hydrogen-bond acceptors (Lipinski definition) is 3. The molecule has 14 heavy (non-hydrogen) atoms. The van der Waals surface area contributed by atoms with E-state index in [1.165, 1.54) is 6.92 Å². The molecule has 0 saturated carbocycles. The lowest BCUT2D eigenvalue weighted by atomic mass is 10.2. The summed E-state index contributed by atoms with van der Waals surface area (Å²) in [6.45, 7) is 1.25. The van der Waals surface area contributed by atoms with Crippen molar-refractivity contribution in [2.75, 3.05) is 0 Å². The Balaban J connectivity index is 2.89. The van der Waals surface area contributed by atoms with E-state index in [9.17, 15) is 18.0 Å². The Labute approximate surface area is 76.9 Å². The molecule has 1 aliphatic rings. The third-order valence-corrected chi connectivity index (χ3v) is 1.56. The Kier molecular flexibility index (Phi) is 2.34. The first-order valence-electron chi connectivity index (χ1n) is 3.59. The zero-order valence-corrected chi connectivity index (χ0v) is 7.09. The fourth-order valence-corrected chi connectivity index (χ4v) is 0.988. The summed E-state index contributed by atoms with van der Waals surface area (Å²) < 4.78 is 45.8. The number of alkyl halides is 3. The number of ether oxygens (including phenoxy) is 2. The minimum Gasteiger partial charge on any atom is -0.481 e. The number of allylic oxidation sites excluding steroid dienone is 1. The Morgan fingerprint density at radius 1 is 1.64 bits per heavy atom. The van der Waals surface area contributed by atoms with Crippen LogP contribution in [0.15, 0.2) is 12.0 Å². The molecule has 0 saturated heterocycles. The minimum atomic E-state index is -4.89. The lowest BCUT2D eigenvalue weighted by Gasteiger charge is -2.28. The molecule has 1 atom stereocenters. The van der Waals surface area contributed by atoms with Crippen LogP contribution in [-0.2, 0) is 14.3 Å². The molecular weight excluding hydrogens is 205 g/mol. The second-order valence-corrected chi connectivity index (χ2v) is 2.77. The van der Waals surface area contributed by atoms with Gasteiger partial charge < -0.3 is 14.6 Å². The molecule has 0 spiro atoms. The van der Waals surface area contributed by atoms with Crippen LogP contribution in [0.5, 0.6) is 0 Å². The van der Waals surface area contributed by atoms with Gasteiger partial charge in [0.05, 0.1) is 0 Å². The molecule has 80 valence electrons. The van der Waals surface area contributed by atoms with Gasteiger partial charge in [-0.2, -0.15) is 13.2 Å². The number of rotatable bonds is 2. The molecule has 1 aliphatic heterocycles. The van der Waals surface area contributed by atoms with Crippen LogP contribution in [0.25, 0.3) is 0 Å². The van der Waals surface area contributed by atoms with Crippen LogP contribution in [0.2, 0.25) is 0 Å². The topological polar surface area (TPSA) is 55.8 Å². The predicted octanol–water partition coefficient (Wildman–Crippen LogP) is 1.63. The molecule has 1 unspecified atom stereocenters. The average molecular weight is 212 g/mol. The van der Waals surface area contributed by atoms with Crippen molar-refractivity contribution in [1.82, 2.24) is 0 Å². The van der Waals surface area contributed by atoms with Gasteiger partial charge in [0, 0.05) is 0 Å². The molecule has 0 aromatic carbocycles. The highest BCUT2D eigenvalue weighted by atomic mass is 19.4. The molecule has 7 heteroatoms. The summed E-state index contributed by atoms with van der Waals surface area (Å²) in [4.78, 5) is 10.2. The van der Waals surface area contributed by atoms with Crippen molar-refractivity contribution in [1.29, 1.82) is 0 Å². The van der Waals surface area contributed by atoms with Crippen LogP contribution in [0.1, 0.15) is 13.3 Å². The van der Waals surface area contributed by atoms with Crippen molar-refractivity contribution in [2.45, 2.75) is 25.3 Å². The van der Waals surface area contributed by atoms with Gasteiger partial charge in [-0.05, 0) is 6.92 Å². The molecule has 0 fully saturated rings. The molecular formula is C7H7F3O4. The molecule has 0 aromatic rings. The molecule has 1 rings (SSSR count). The lowest BCUT2D eigenvalue weighted by Crippen LogP contribution is -2.48. The van der Waals surface area contributed by atoms with Crippen LogP contribution in [-0.4, -0.2) is 23.0 Å². The molecule has 0 amide bonds. The van der Waals surface area contributed by atoms with Crippen molar-refractivity contribution in [2.24, 2.45) is 0 Å². The largest absolute Gasteiger partial charge is 0.481 e. The summed E-state index contributed by atoms with van der Waals surface area (Å²) in [5.74, 6) is -4.82. The number of hydrogen-bond donors (Lipinski definition) is 1. The zero-order chi connectivity index (χ0) is 11.0. The van der Waals surface area contributed by atoms with Gasteiger partial charge in [0.25, 0.3) is 0 Å². The van der Waals surface area contributed by atoms with Crippen LogP contribution >= 0.6 is 0 Å². The van der Waals surface area contributed by atoms with Gasteiger partial charge in [-0.1, -0.05) is 0 Å². The van der Waals surface area contributed by atoms with Gasteiger partial charge in [-0.25, -0.2) is 0 Å². The van der Waals surface area contributed by atoms with Crippen LogP contribution in [0.3, 0.4) is 0 Å². The maximum Gasteiger partial charge on any atom is 0.468 e. The lowest BCUT2D eigenvalue weighted by molar-refractivity contribution is -0.339. The molecule has 0 bridgehead atoms. The van der Waals surface area contributed by atoms with Crippen molar-refractivity contribution in [3.63, 3.8) is 0 Å². The number of carbonyl (C=O) groups is 1. The Hall–Kier alpha value is -1.40. The molecule has 0 radical (unpaired) electrons. The standard InChI is InChI=1S/C7H7F3O4/c1-4-3-13-6(14-4,2-5(11)12)7(8,9)10/h3H,2H2,1H3,(H,11,12). The fraction of sp³-hybridized carbons (Fsp3) is 0.571. The molecule has 4 nitrogen and oxygen atoms in total. The second kappa shape index (κ2) is 3.07. The Morgan fingerprint density at radius 3 is 2.50 bits per heavy atom. The molecule has 1 heterocycles. The van der Waals surface area contributed by atoms with Crippen molar-refractivity contribution >= 4 is 5.97 Å². The predicted molar refractivity (Wildman–Crippen MR) is 37.0 cm³/mol. The first-order valence-corrected chi connectivity index (χ1v) is 3.59. The SMILES string of the molecule is CC1=COC(CC(=O)O)(C(F)(F)F)O1. The summed E-state index contributed by atoms with van der Waals surface area (Å²) >= 11 is 0. The van der Waals surface area contributed by atoms with E-state index in [4.69, 9.17) is 5.11 Å². The highest BCUT2D eigenvalue weighted by Gasteiger charge is 2.63. The van der Waals surface area contributed by atoms with E-state index in [1.54, 1.807) is 0 Å². The Bertz CT molecular complexity index is 283. The van der Waals surface area contributed by atoms with Gasteiger partial charge in [0.2, 0.25) is 0 Å². The number of halogens is 3. The summed E-state index contributed by atoms with van der Waals surface area (Å²) in [6.07, 6.45) is -5.43. The number of aliphatic carboxylic acids is 1. The third-order valence-electron chi connectivity index (χ3n) is 1.56. The maximum atomic E-state index is 12.4. The summed E-state index contributed by atoms with van der Waals surface area (Å²) in [6, 6.07) is 0. The normalized spacial score (nSPS) is 26.4. The minimum absolute atomic E-state index is 0.108. The number of carboxylic acids is 1. The molecule has 1 N–H and O–H groups in total. The summed E-state index contributed by atoms with van der Waals surface area (Å²) in [7, 11) is 0. The smallest absolute Gasteiger partial charge is 0.468 e. The quantitative estimate of drug-likeness (QED) is 0.755. The first-order chi connectivity index (χ1) is 6.27. The van der Waals surface area contributed by atoms with E-state index in [0.717, 1.165) is 6.26 Å². The van der Waals surface area contributed by atoms with Crippen molar-refractivity contribution in [3.05, 3.63) is 12.0 Å². The van der Waals surface area contributed by atoms with E-state index in [2.05, 4.69) is 9.47 Å². The van der Waals surface area contributed by atoms with Gasteiger partial charge in [-0.15, -0.1) is 0 Å². The van der Waals surface area contributed by atoms with Gasteiger partial charge in [0.1, 0.15) is 18.4 Å². The fourth-order valence-electron chi connectivity index (χ4n) is 0.988. The zero-order valence-electron chi connectivity index (χ0n) is 7.09. The number of carboxylic acid groups (broad SMARTS) is 1. The van der Waals surface area contributed by atoms with E-state index in [0.29, 0.717) is 0 Å². The molecule has 0 aliphatic carbocycles. The summed E-state index contributed by atoms with van der Waals surface area (Å²) in [5.41, 5.74) is 0. The van der Waals surface area contributed by atoms with Crippen molar-refractivity contribution < 1.29 is 32.5 Å². The van der Waals surface area contributed by atoms with Gasteiger partial charge in [-0.3, -0.25) is 4.79 Å². The maximum absolute atomic E-state index is 12.4. The van der Waals surface area contributed by atoms with E-state index in [1.807, 2.05) is 0 Å². The monoisotopic (exact) mass is 212 g/mol. The van der Waals surface area contributed by atoms with E-state index in [-0.39, 0.29) is 5.76 Å². The van der Waals surface area contributed by atoms with Gasteiger partial charge in [0.15, 0.2) is 0 Å². The van der Waals surface area contributed by atoms with Crippen LogP contribution in [0, 0.1) is 0 Å². The van der Waals surface area contributed by atoms with E-state index >= 15 is 0 Å². The van der Waals surface area contributed by atoms with Crippen molar-refractivity contribution in [3.8, 4) is 0 Å². The van der Waals surface area contributed by atoms with Crippen LogP contribution < -0.4 is 0 Å². The van der Waals surface area contributed by atoms with E-state index < -0.39 is 24.4 Å². The Morgan fingerprint density at radius 2 is 2.21 bits per heavy atom. The van der Waals surface area contributed by atoms with Crippen LogP contribution in [0.4, 0.5) is 13.2 Å². The molecule has 0 aromatic heterocycles. The second-order valence-electron chi connectivity index (χ2n) is 2.77.